The molecule has 0 saturated carbocycles. The molecule has 5 rings (SSSR count). The maximum absolute atomic E-state index is 2.44. The number of hydrogen-bond donors (Lipinski definition) is 0. The minimum Gasteiger partial charge on any atom is -0.312 e. The third-order valence-corrected chi connectivity index (χ3v) is 5.46. The highest BCUT2D eigenvalue weighted by Gasteiger charge is 2.17. The average molecular weight is 408 g/mol. The molecule has 4 aromatic carbocycles. The quantitative estimate of drug-likeness (QED) is 0.257. The first-order chi connectivity index (χ1) is 15.3. The summed E-state index contributed by atoms with van der Waals surface area (Å²) >= 11 is 0. The molecule has 0 amide bonds. The van der Waals surface area contributed by atoms with Crippen LogP contribution in [0.25, 0.3) is 44.2 Å². The van der Waals surface area contributed by atoms with Gasteiger partial charge in [-0.1, -0.05) is 107 Å². The number of benzene rings is 4. The van der Waals surface area contributed by atoms with Gasteiger partial charge in [-0.25, -0.2) is 0 Å². The van der Waals surface area contributed by atoms with Crippen molar-refractivity contribution in [3.63, 3.8) is 0 Å². The molecule has 0 unspecified atom stereocenters. The molecule has 0 spiro atoms. The average Bonchev–Trinajstić information content (AvgIpc) is 3.11. The van der Waals surface area contributed by atoms with Crippen molar-refractivity contribution in [1.29, 1.82) is 0 Å². The van der Waals surface area contributed by atoms with E-state index in [4.69, 9.17) is 0 Å². The van der Waals surface area contributed by atoms with Crippen molar-refractivity contribution < 1.29 is 0 Å². The Balaban J connectivity index is 0.000000645. The maximum atomic E-state index is 2.44. The Morgan fingerprint density at radius 1 is 0.645 bits per heavy atom. The van der Waals surface area contributed by atoms with E-state index in [0.717, 1.165) is 0 Å². The van der Waals surface area contributed by atoms with Crippen LogP contribution < -0.4 is 0 Å². The second-order valence-corrected chi connectivity index (χ2v) is 7.02. The summed E-state index contributed by atoms with van der Waals surface area (Å²) in [5.41, 5.74) is 5.10. The van der Waals surface area contributed by atoms with Crippen molar-refractivity contribution in [3.8, 4) is 5.69 Å². The third kappa shape index (κ3) is 3.88. The van der Waals surface area contributed by atoms with E-state index in [2.05, 4.69) is 109 Å². The van der Waals surface area contributed by atoms with Crippen molar-refractivity contribution >= 4 is 38.5 Å². The van der Waals surface area contributed by atoms with Crippen LogP contribution in [0.15, 0.2) is 84.9 Å². The van der Waals surface area contributed by atoms with E-state index < -0.39 is 0 Å². The van der Waals surface area contributed by atoms with Gasteiger partial charge in [-0.2, -0.15) is 0 Å². The fourth-order valence-corrected chi connectivity index (χ4v) is 4.29. The molecule has 0 aliphatic carbocycles. The SMILES string of the molecule is C/C=C\c1c(C)n(-c2c3ccccc3cc3ccccc23)c2ccccc12.CC.CC. The van der Waals surface area contributed by atoms with Gasteiger partial charge in [0.1, 0.15) is 0 Å². The van der Waals surface area contributed by atoms with Crippen LogP contribution in [0.2, 0.25) is 0 Å². The minimum atomic E-state index is 1.25. The Bertz CT molecular complexity index is 1280. The number of allylic oxidation sites excluding steroid dienone is 1. The van der Waals surface area contributed by atoms with Crippen LogP contribution in [0.5, 0.6) is 0 Å². The molecular weight excluding hydrogens is 374 g/mol. The number of rotatable bonds is 2. The third-order valence-electron chi connectivity index (χ3n) is 5.46. The minimum absolute atomic E-state index is 1.25. The molecule has 0 saturated heterocycles. The van der Waals surface area contributed by atoms with Gasteiger partial charge in [0, 0.05) is 27.4 Å². The molecular formula is C30H33N. The van der Waals surface area contributed by atoms with Crippen LogP contribution in [-0.4, -0.2) is 4.57 Å². The Morgan fingerprint density at radius 3 is 1.68 bits per heavy atom. The first-order valence-corrected chi connectivity index (χ1v) is 11.4. The molecule has 1 heterocycles. The van der Waals surface area contributed by atoms with E-state index in [9.17, 15) is 0 Å². The first-order valence-electron chi connectivity index (χ1n) is 11.4. The van der Waals surface area contributed by atoms with Gasteiger partial charge in [0.05, 0.1) is 11.2 Å². The van der Waals surface area contributed by atoms with Crippen LogP contribution >= 0.6 is 0 Å². The lowest BCUT2D eigenvalue weighted by Crippen LogP contribution is -1.99. The zero-order valence-electron chi connectivity index (χ0n) is 19.6. The van der Waals surface area contributed by atoms with Crippen molar-refractivity contribution in [2.75, 3.05) is 0 Å². The first kappa shape index (κ1) is 22.4. The number of para-hydroxylation sites is 1. The second kappa shape index (κ2) is 10.1. The molecule has 0 atom stereocenters. The van der Waals surface area contributed by atoms with Crippen molar-refractivity contribution in [1.82, 2.24) is 4.57 Å². The largest absolute Gasteiger partial charge is 0.312 e. The number of fused-ring (bicyclic) bond motifs is 3. The molecule has 0 radical (unpaired) electrons. The lowest BCUT2D eigenvalue weighted by atomic mass is 10.0. The Kier molecular flexibility index (Phi) is 7.31. The molecule has 0 fully saturated rings. The van der Waals surface area contributed by atoms with E-state index in [0.29, 0.717) is 0 Å². The van der Waals surface area contributed by atoms with Gasteiger partial charge >= 0.3 is 0 Å². The fourth-order valence-electron chi connectivity index (χ4n) is 4.29. The van der Waals surface area contributed by atoms with Gasteiger partial charge in [-0.15, -0.1) is 0 Å². The van der Waals surface area contributed by atoms with E-state index in [1.54, 1.807) is 0 Å². The molecule has 1 nitrogen and oxygen atoms in total. The highest BCUT2D eigenvalue weighted by Crippen LogP contribution is 2.37. The van der Waals surface area contributed by atoms with E-state index in [-0.39, 0.29) is 0 Å². The predicted octanol–water partition coefficient (Wildman–Crippen LogP) is 9.33. The van der Waals surface area contributed by atoms with E-state index in [1.807, 2.05) is 27.7 Å². The lowest BCUT2D eigenvalue weighted by Gasteiger charge is -2.16. The molecule has 1 heteroatoms. The van der Waals surface area contributed by atoms with Gasteiger partial charge in [-0.05, 0) is 36.8 Å². The van der Waals surface area contributed by atoms with Gasteiger partial charge < -0.3 is 4.57 Å². The Labute approximate surface area is 186 Å². The van der Waals surface area contributed by atoms with Crippen LogP contribution in [0.4, 0.5) is 0 Å². The fraction of sp³-hybridized carbons (Fsp3) is 0.200. The van der Waals surface area contributed by atoms with Crippen molar-refractivity contribution in [2.45, 2.75) is 41.5 Å². The molecule has 0 N–H and O–H groups in total. The summed E-state index contributed by atoms with van der Waals surface area (Å²) in [7, 11) is 0. The molecule has 0 aliphatic rings. The standard InChI is InChI=1S/C26H21N.2C2H6/c1-3-10-21-18(2)27(25-16-9-8-15-24(21)25)26-22-13-6-4-11-19(22)17-20-12-5-7-14-23(20)26;2*1-2/h3-17H,1-2H3;2*1-2H3/b10-3-;;. The Morgan fingerprint density at radius 2 is 1.13 bits per heavy atom. The Hall–Kier alpha value is -3.32. The lowest BCUT2D eigenvalue weighted by molar-refractivity contribution is 1.07. The number of hydrogen-bond acceptors (Lipinski definition) is 0. The topological polar surface area (TPSA) is 4.93 Å². The summed E-state index contributed by atoms with van der Waals surface area (Å²) in [6.45, 7) is 12.3. The van der Waals surface area contributed by atoms with Gasteiger partial charge in [0.25, 0.3) is 0 Å². The second-order valence-electron chi connectivity index (χ2n) is 7.02. The zero-order chi connectivity index (χ0) is 22.4. The zero-order valence-corrected chi connectivity index (χ0v) is 19.6. The van der Waals surface area contributed by atoms with Crippen molar-refractivity contribution in [3.05, 3.63) is 96.2 Å². The summed E-state index contributed by atoms with van der Waals surface area (Å²) in [5, 5.41) is 6.41. The molecule has 31 heavy (non-hydrogen) atoms. The molecule has 0 aliphatic heterocycles. The molecule has 0 bridgehead atoms. The van der Waals surface area contributed by atoms with Crippen LogP contribution in [-0.2, 0) is 0 Å². The monoisotopic (exact) mass is 407 g/mol. The number of aromatic nitrogens is 1. The van der Waals surface area contributed by atoms with Gasteiger partial charge in [0.15, 0.2) is 0 Å². The summed E-state index contributed by atoms with van der Waals surface area (Å²) in [6, 6.07) is 28.4. The van der Waals surface area contributed by atoms with E-state index in [1.165, 1.54) is 49.4 Å². The summed E-state index contributed by atoms with van der Waals surface area (Å²) in [5.74, 6) is 0. The normalized spacial score (nSPS) is 10.8. The maximum Gasteiger partial charge on any atom is 0.0615 e. The smallest absolute Gasteiger partial charge is 0.0615 e. The van der Waals surface area contributed by atoms with Gasteiger partial charge in [-0.3, -0.25) is 0 Å². The van der Waals surface area contributed by atoms with Crippen molar-refractivity contribution in [2.24, 2.45) is 0 Å². The van der Waals surface area contributed by atoms with Crippen LogP contribution in [0, 0.1) is 6.92 Å². The van der Waals surface area contributed by atoms with Crippen LogP contribution in [0.1, 0.15) is 45.9 Å². The highest BCUT2D eigenvalue weighted by atomic mass is 15.0. The predicted molar refractivity (Wildman–Crippen MR) is 140 cm³/mol. The molecule has 158 valence electrons. The highest BCUT2D eigenvalue weighted by molar-refractivity contribution is 6.09. The molecule has 5 aromatic rings. The van der Waals surface area contributed by atoms with Gasteiger partial charge in [0.2, 0.25) is 0 Å². The number of nitrogens with zero attached hydrogens (tertiary/aromatic N) is 1. The van der Waals surface area contributed by atoms with E-state index >= 15 is 0 Å². The molecule has 1 aromatic heterocycles. The van der Waals surface area contributed by atoms with Crippen LogP contribution in [0.3, 0.4) is 0 Å². The summed E-state index contributed by atoms with van der Waals surface area (Å²) in [6.07, 6.45) is 4.35. The summed E-state index contributed by atoms with van der Waals surface area (Å²) < 4.78 is 2.44. The summed E-state index contributed by atoms with van der Waals surface area (Å²) in [4.78, 5) is 0.